The van der Waals surface area contributed by atoms with E-state index in [2.05, 4.69) is 4.98 Å². The zero-order valence-corrected chi connectivity index (χ0v) is 24.9. The van der Waals surface area contributed by atoms with E-state index in [0.29, 0.717) is 11.4 Å². The lowest BCUT2D eigenvalue weighted by Crippen LogP contribution is -2.42. The van der Waals surface area contributed by atoms with Gasteiger partial charge in [-0.3, -0.25) is 24.1 Å². The summed E-state index contributed by atoms with van der Waals surface area (Å²) in [6, 6.07) is 13.3. The Balaban J connectivity index is 1.08. The number of amides is 3. The van der Waals surface area contributed by atoms with Crippen molar-refractivity contribution in [1.82, 2.24) is 9.88 Å². The van der Waals surface area contributed by atoms with Crippen LogP contribution < -0.4 is 14.5 Å². The van der Waals surface area contributed by atoms with Crippen LogP contribution >= 0.6 is 23.1 Å². The SMILES string of the molecule is O=C(COc1ccc([C@@H]2c3sc(=O)[nH]c3S[C@@H]3[C@@H]4C[C@@H]([C@@H]5C(=O)N(c6ccc(F)cc6)C(=O)[C@@H]45)[C@H]23)cc1)N1CCCCC1. The third-order valence-corrected chi connectivity index (χ3v) is 12.7. The summed E-state index contributed by atoms with van der Waals surface area (Å²) in [6.45, 7) is 1.57. The molecule has 1 aromatic heterocycles. The Morgan fingerprint density at radius 2 is 1.63 bits per heavy atom. The first kappa shape index (κ1) is 27.1. The molecule has 2 saturated heterocycles. The van der Waals surface area contributed by atoms with Crippen molar-refractivity contribution in [2.75, 3.05) is 24.6 Å². The largest absolute Gasteiger partial charge is 0.484 e. The predicted octanol–water partition coefficient (Wildman–Crippen LogP) is 4.64. The Hall–Kier alpha value is -3.44. The zero-order valence-electron chi connectivity index (χ0n) is 23.2. The van der Waals surface area contributed by atoms with Crippen molar-refractivity contribution in [2.24, 2.45) is 29.6 Å². The summed E-state index contributed by atoms with van der Waals surface area (Å²) >= 11 is 2.86. The third-order valence-electron chi connectivity index (χ3n) is 10.1. The number of thiazole rings is 1. The van der Waals surface area contributed by atoms with Crippen LogP contribution in [0.4, 0.5) is 10.1 Å². The lowest BCUT2D eigenvalue weighted by molar-refractivity contribution is -0.134. The molecule has 3 aromatic rings. The molecular weight excluding hydrogens is 590 g/mol. The number of carbonyl (C=O) groups excluding carboxylic acids is 3. The maximum absolute atomic E-state index is 13.8. The number of H-pyrrole nitrogens is 1. The maximum atomic E-state index is 13.8. The fourth-order valence-electron chi connectivity index (χ4n) is 8.39. The highest BCUT2D eigenvalue weighted by Gasteiger charge is 2.69. The number of halogens is 1. The van der Waals surface area contributed by atoms with Crippen LogP contribution in [0.2, 0.25) is 0 Å². The molecule has 11 heteroatoms. The number of piperidine rings is 1. The summed E-state index contributed by atoms with van der Waals surface area (Å²) in [6.07, 6.45) is 4.01. The van der Waals surface area contributed by atoms with E-state index < -0.39 is 17.7 Å². The first-order valence-corrected chi connectivity index (χ1v) is 16.6. The van der Waals surface area contributed by atoms with Crippen molar-refractivity contribution >= 4 is 46.5 Å². The van der Waals surface area contributed by atoms with Crippen molar-refractivity contribution < 1.29 is 23.5 Å². The average molecular weight is 620 g/mol. The van der Waals surface area contributed by atoms with Crippen LogP contribution in [0, 0.1) is 35.4 Å². The molecule has 3 aliphatic heterocycles. The summed E-state index contributed by atoms with van der Waals surface area (Å²) in [5, 5.41) is 0.932. The molecule has 222 valence electrons. The molecular formula is C32H30FN3O5S2. The highest BCUT2D eigenvalue weighted by molar-refractivity contribution is 8.00. The zero-order chi connectivity index (χ0) is 29.4. The topological polar surface area (TPSA) is 99.8 Å². The number of ether oxygens (including phenoxy) is 1. The maximum Gasteiger partial charge on any atom is 0.305 e. The van der Waals surface area contributed by atoms with E-state index in [1.54, 1.807) is 11.8 Å². The summed E-state index contributed by atoms with van der Waals surface area (Å²) in [7, 11) is 0. The predicted molar refractivity (Wildman–Crippen MR) is 160 cm³/mol. The number of benzene rings is 2. The number of hydrogen-bond donors (Lipinski definition) is 1. The smallest absolute Gasteiger partial charge is 0.305 e. The summed E-state index contributed by atoms with van der Waals surface area (Å²) < 4.78 is 19.5. The van der Waals surface area contributed by atoms with Crippen molar-refractivity contribution in [3.05, 3.63) is 74.5 Å². The van der Waals surface area contributed by atoms with Crippen LogP contribution in [0.5, 0.6) is 5.75 Å². The summed E-state index contributed by atoms with van der Waals surface area (Å²) in [5.41, 5.74) is 1.44. The number of hydrogen-bond acceptors (Lipinski definition) is 7. The Kier molecular flexibility index (Phi) is 6.52. The molecule has 8 rings (SSSR count). The monoisotopic (exact) mass is 619 g/mol. The average Bonchev–Trinajstić information content (AvgIpc) is 3.76. The fourth-order valence-corrected chi connectivity index (χ4v) is 11.3. The fraction of sp³-hybridized carbons (Fsp3) is 0.438. The molecule has 2 saturated carbocycles. The molecule has 2 aliphatic carbocycles. The Labute approximate surface area is 255 Å². The molecule has 0 spiro atoms. The van der Waals surface area contributed by atoms with E-state index in [1.165, 1.54) is 40.5 Å². The quantitative estimate of drug-likeness (QED) is 0.418. The first-order chi connectivity index (χ1) is 20.9. The number of fused-ring (bicyclic) bond motifs is 9. The molecule has 4 fully saturated rings. The molecule has 7 atom stereocenters. The van der Waals surface area contributed by atoms with Gasteiger partial charge in [0.1, 0.15) is 11.6 Å². The summed E-state index contributed by atoms with van der Waals surface area (Å²) in [4.78, 5) is 59.7. The van der Waals surface area contributed by atoms with Crippen LogP contribution in [-0.2, 0) is 14.4 Å². The van der Waals surface area contributed by atoms with Crippen LogP contribution in [0.25, 0.3) is 0 Å². The number of nitrogens with zero attached hydrogens (tertiary/aromatic N) is 2. The van der Waals surface area contributed by atoms with E-state index in [-0.39, 0.29) is 58.1 Å². The van der Waals surface area contributed by atoms with Crippen LogP contribution in [0.15, 0.2) is 58.4 Å². The lowest BCUT2D eigenvalue weighted by Gasteiger charge is -2.43. The van der Waals surface area contributed by atoms with Gasteiger partial charge in [0.05, 0.1) is 22.5 Å². The number of carbonyl (C=O) groups is 3. The number of nitrogens with one attached hydrogen (secondary N) is 1. The number of imide groups is 1. The first-order valence-electron chi connectivity index (χ1n) is 14.9. The number of rotatable bonds is 5. The Bertz CT molecular complexity index is 1670. The standard InChI is InChI=1S/C32H30FN3O5S2/c33-17-6-8-18(9-7-17)36-30(38)25-20-14-21(26(25)31(36)39)27-24(20)23(28-29(42-27)34-32(40)43-28)16-4-10-19(11-5-16)41-15-22(37)35-12-2-1-3-13-35/h4-11,20-21,23-27H,1-3,12-15H2,(H,34,40)/t20-,21-,23+,24-,25+,26+,27-/m1/s1. The van der Waals surface area contributed by atoms with Gasteiger partial charge < -0.3 is 14.6 Å². The molecule has 3 amide bonds. The third kappa shape index (κ3) is 4.29. The van der Waals surface area contributed by atoms with Gasteiger partial charge in [-0.25, -0.2) is 4.39 Å². The van der Waals surface area contributed by atoms with Crippen molar-refractivity contribution in [3.8, 4) is 5.75 Å². The van der Waals surface area contributed by atoms with Crippen LogP contribution in [0.1, 0.15) is 42.0 Å². The summed E-state index contributed by atoms with van der Waals surface area (Å²) in [5.74, 6) is -1.07. The Morgan fingerprint density at radius 1 is 0.930 bits per heavy atom. The van der Waals surface area contributed by atoms with Crippen LogP contribution in [-0.4, -0.2) is 52.6 Å². The van der Waals surface area contributed by atoms with Crippen molar-refractivity contribution in [1.29, 1.82) is 0 Å². The van der Waals surface area contributed by atoms with Gasteiger partial charge in [-0.1, -0.05) is 23.5 Å². The molecule has 0 unspecified atom stereocenters. The van der Waals surface area contributed by atoms with Gasteiger partial charge in [0.15, 0.2) is 6.61 Å². The van der Waals surface area contributed by atoms with Gasteiger partial charge in [0.25, 0.3) is 5.91 Å². The van der Waals surface area contributed by atoms with Gasteiger partial charge >= 0.3 is 4.87 Å². The highest BCUT2D eigenvalue weighted by atomic mass is 32.2. The Morgan fingerprint density at radius 3 is 2.35 bits per heavy atom. The molecule has 43 heavy (non-hydrogen) atoms. The van der Waals surface area contributed by atoms with Gasteiger partial charge in [0.2, 0.25) is 11.8 Å². The number of aromatic amines is 1. The van der Waals surface area contributed by atoms with E-state index >= 15 is 0 Å². The number of anilines is 1. The van der Waals surface area contributed by atoms with Crippen LogP contribution in [0.3, 0.4) is 0 Å². The second kappa shape index (κ2) is 10.3. The van der Waals surface area contributed by atoms with E-state index in [9.17, 15) is 23.6 Å². The van der Waals surface area contributed by atoms with Gasteiger partial charge in [-0.2, -0.15) is 0 Å². The minimum Gasteiger partial charge on any atom is -0.484 e. The normalized spacial score (nSPS) is 30.8. The van der Waals surface area contributed by atoms with E-state index in [1.807, 2.05) is 29.2 Å². The molecule has 2 bridgehead atoms. The minimum absolute atomic E-state index is 0.000317. The molecule has 8 nitrogen and oxygen atoms in total. The second-order valence-electron chi connectivity index (χ2n) is 12.2. The molecule has 4 heterocycles. The van der Waals surface area contributed by atoms with Gasteiger partial charge in [0, 0.05) is 29.1 Å². The number of aromatic nitrogens is 1. The van der Waals surface area contributed by atoms with Gasteiger partial charge in [-0.05, 0) is 85.4 Å². The van der Waals surface area contributed by atoms with Gasteiger partial charge in [-0.15, -0.1) is 11.8 Å². The number of thioether (sulfide) groups is 1. The molecule has 5 aliphatic rings. The highest BCUT2D eigenvalue weighted by Crippen LogP contribution is 2.68. The van der Waals surface area contributed by atoms with Crippen molar-refractivity contribution in [2.45, 2.75) is 41.9 Å². The van der Waals surface area contributed by atoms with Crippen molar-refractivity contribution in [3.63, 3.8) is 0 Å². The number of likely N-dealkylation sites (tertiary alicyclic amines) is 1. The second-order valence-corrected chi connectivity index (χ2v) is 14.5. The molecule has 0 radical (unpaired) electrons. The lowest BCUT2D eigenvalue weighted by atomic mass is 9.68. The minimum atomic E-state index is -0.424. The molecule has 2 aromatic carbocycles. The molecule has 1 N–H and O–H groups in total. The van der Waals surface area contributed by atoms with E-state index in [4.69, 9.17) is 4.74 Å². The van der Waals surface area contributed by atoms with E-state index in [0.717, 1.165) is 54.2 Å².